The molecule has 1 aromatic heterocycles. The summed E-state index contributed by atoms with van der Waals surface area (Å²) in [5.41, 5.74) is 3.20. The molecule has 28 heavy (non-hydrogen) atoms. The molecule has 1 aliphatic heterocycles. The van der Waals surface area contributed by atoms with Crippen molar-refractivity contribution in [2.45, 2.75) is 58.0 Å². The van der Waals surface area contributed by atoms with Crippen molar-refractivity contribution >= 4 is 16.9 Å². The van der Waals surface area contributed by atoms with E-state index in [1.165, 1.54) is 5.56 Å². The average Bonchev–Trinajstić information content (AvgIpc) is 3.32. The second-order valence-corrected chi connectivity index (χ2v) is 8.37. The summed E-state index contributed by atoms with van der Waals surface area (Å²) in [5, 5.41) is 0. The number of hydrogen-bond acceptors (Lipinski definition) is 2. The van der Waals surface area contributed by atoms with Crippen LogP contribution in [0.25, 0.3) is 11.0 Å². The monoisotopic (exact) mass is 375 g/mol. The Morgan fingerprint density at radius 2 is 1.82 bits per heavy atom. The van der Waals surface area contributed by atoms with E-state index in [1.54, 1.807) is 0 Å². The topological polar surface area (TPSA) is 38.1 Å². The molecule has 3 aromatic rings. The first-order chi connectivity index (χ1) is 13.5. The molecule has 0 N–H and O–H groups in total. The summed E-state index contributed by atoms with van der Waals surface area (Å²) in [6.45, 7) is 8.15. The smallest absolute Gasteiger partial charge is 0.224 e. The molecule has 4 nitrogen and oxygen atoms in total. The standard InChI is InChI=1S/C24H29N3O/c1-4-26-20-14-9-8-13-19(20)25-23(26)21-15-10-16-27(21)22(28)17-24(2,3)18-11-6-5-7-12-18/h5-9,11-14,21H,4,10,15-17H2,1-3H3. The third-order valence-electron chi connectivity index (χ3n) is 6.02. The Kier molecular flexibility index (Phi) is 4.96. The van der Waals surface area contributed by atoms with Crippen LogP contribution in [-0.2, 0) is 16.8 Å². The Morgan fingerprint density at radius 3 is 2.57 bits per heavy atom. The lowest BCUT2D eigenvalue weighted by molar-refractivity contribution is -0.133. The van der Waals surface area contributed by atoms with E-state index in [9.17, 15) is 4.79 Å². The van der Waals surface area contributed by atoms with Crippen LogP contribution in [0.1, 0.15) is 57.5 Å². The third-order valence-corrected chi connectivity index (χ3v) is 6.02. The Bertz CT molecular complexity index is 974. The summed E-state index contributed by atoms with van der Waals surface area (Å²) < 4.78 is 2.27. The minimum Gasteiger partial charge on any atom is -0.332 e. The normalized spacial score (nSPS) is 17.4. The number of para-hydroxylation sites is 2. The largest absolute Gasteiger partial charge is 0.332 e. The number of benzene rings is 2. The van der Waals surface area contributed by atoms with Gasteiger partial charge in [-0.15, -0.1) is 0 Å². The van der Waals surface area contributed by atoms with Crippen LogP contribution in [0.2, 0.25) is 0 Å². The number of carbonyl (C=O) groups is 1. The number of nitrogens with zero attached hydrogens (tertiary/aromatic N) is 3. The van der Waals surface area contributed by atoms with Crippen LogP contribution in [-0.4, -0.2) is 26.9 Å². The Morgan fingerprint density at radius 1 is 1.11 bits per heavy atom. The van der Waals surface area contributed by atoms with Gasteiger partial charge in [0.1, 0.15) is 5.82 Å². The third kappa shape index (κ3) is 3.32. The van der Waals surface area contributed by atoms with Crippen LogP contribution in [0.4, 0.5) is 0 Å². The molecule has 146 valence electrons. The molecule has 0 radical (unpaired) electrons. The van der Waals surface area contributed by atoms with Crippen molar-refractivity contribution in [1.82, 2.24) is 14.5 Å². The summed E-state index contributed by atoms with van der Waals surface area (Å²) in [6.07, 6.45) is 2.54. The lowest BCUT2D eigenvalue weighted by atomic mass is 9.81. The van der Waals surface area contributed by atoms with E-state index in [0.717, 1.165) is 42.8 Å². The van der Waals surface area contributed by atoms with E-state index in [0.29, 0.717) is 6.42 Å². The summed E-state index contributed by atoms with van der Waals surface area (Å²) in [6, 6.07) is 18.7. The van der Waals surface area contributed by atoms with Gasteiger partial charge in [-0.2, -0.15) is 0 Å². The molecule has 1 aliphatic rings. The maximum Gasteiger partial charge on any atom is 0.224 e. The lowest BCUT2D eigenvalue weighted by Gasteiger charge is -2.30. The van der Waals surface area contributed by atoms with Gasteiger partial charge in [0.15, 0.2) is 0 Å². The van der Waals surface area contributed by atoms with Crippen LogP contribution in [0, 0.1) is 0 Å². The molecule has 4 rings (SSSR count). The number of hydrogen-bond donors (Lipinski definition) is 0. The number of aryl methyl sites for hydroxylation is 1. The molecule has 2 heterocycles. The molecule has 2 aromatic carbocycles. The first-order valence-corrected chi connectivity index (χ1v) is 10.3. The Labute approximate surface area is 167 Å². The zero-order chi connectivity index (χ0) is 19.7. The highest BCUT2D eigenvalue weighted by Crippen LogP contribution is 2.36. The summed E-state index contributed by atoms with van der Waals surface area (Å²) >= 11 is 0. The molecule has 1 fully saturated rings. The van der Waals surface area contributed by atoms with Crippen molar-refractivity contribution in [3.8, 4) is 0 Å². The first-order valence-electron chi connectivity index (χ1n) is 10.3. The molecule has 0 saturated carbocycles. The fraction of sp³-hybridized carbons (Fsp3) is 0.417. The zero-order valence-electron chi connectivity index (χ0n) is 17.1. The molecule has 1 unspecified atom stereocenters. The van der Waals surface area contributed by atoms with Gasteiger partial charge < -0.3 is 9.47 Å². The van der Waals surface area contributed by atoms with Gasteiger partial charge in [-0.3, -0.25) is 4.79 Å². The van der Waals surface area contributed by atoms with Crippen molar-refractivity contribution < 1.29 is 4.79 Å². The van der Waals surface area contributed by atoms with Crippen LogP contribution in [0.3, 0.4) is 0 Å². The van der Waals surface area contributed by atoms with E-state index in [4.69, 9.17) is 4.98 Å². The number of imidazole rings is 1. The van der Waals surface area contributed by atoms with Gasteiger partial charge in [-0.05, 0) is 42.9 Å². The first kappa shape index (κ1) is 18.7. The molecule has 1 amide bonds. The highest BCUT2D eigenvalue weighted by molar-refractivity contribution is 5.79. The minimum absolute atomic E-state index is 0.0754. The van der Waals surface area contributed by atoms with Crippen LogP contribution < -0.4 is 0 Å². The van der Waals surface area contributed by atoms with Gasteiger partial charge in [0, 0.05) is 19.5 Å². The molecular formula is C24H29N3O. The fourth-order valence-corrected chi connectivity index (χ4v) is 4.49. The van der Waals surface area contributed by atoms with Crippen LogP contribution in [0.5, 0.6) is 0 Å². The van der Waals surface area contributed by atoms with Crippen molar-refractivity contribution in [2.24, 2.45) is 0 Å². The number of amides is 1. The average molecular weight is 376 g/mol. The van der Waals surface area contributed by atoms with Crippen molar-refractivity contribution in [3.05, 3.63) is 66.0 Å². The van der Waals surface area contributed by atoms with Crippen LogP contribution in [0.15, 0.2) is 54.6 Å². The van der Waals surface area contributed by atoms with Gasteiger partial charge in [0.2, 0.25) is 5.91 Å². The van der Waals surface area contributed by atoms with Gasteiger partial charge in [0.25, 0.3) is 0 Å². The molecule has 1 saturated heterocycles. The molecule has 0 spiro atoms. The second-order valence-electron chi connectivity index (χ2n) is 8.37. The van der Waals surface area contributed by atoms with E-state index in [2.05, 4.69) is 60.6 Å². The SMILES string of the molecule is CCn1c(C2CCCN2C(=O)CC(C)(C)c2ccccc2)nc2ccccc21. The highest BCUT2D eigenvalue weighted by Gasteiger charge is 2.36. The fourth-order valence-electron chi connectivity index (χ4n) is 4.49. The van der Waals surface area contributed by atoms with Gasteiger partial charge in [-0.1, -0.05) is 56.3 Å². The van der Waals surface area contributed by atoms with Gasteiger partial charge in [0.05, 0.1) is 17.1 Å². The number of rotatable bonds is 5. The summed E-state index contributed by atoms with van der Waals surface area (Å²) in [7, 11) is 0. The maximum absolute atomic E-state index is 13.3. The summed E-state index contributed by atoms with van der Waals surface area (Å²) in [4.78, 5) is 20.3. The van der Waals surface area contributed by atoms with E-state index < -0.39 is 0 Å². The van der Waals surface area contributed by atoms with Gasteiger partial charge in [-0.25, -0.2) is 4.98 Å². The molecule has 0 bridgehead atoms. The molecule has 1 atom stereocenters. The lowest BCUT2D eigenvalue weighted by Crippen LogP contribution is -2.36. The predicted octanol–water partition coefficient (Wildman–Crippen LogP) is 5.09. The number of fused-ring (bicyclic) bond motifs is 1. The van der Waals surface area contributed by atoms with Crippen molar-refractivity contribution in [3.63, 3.8) is 0 Å². The minimum atomic E-state index is -0.184. The van der Waals surface area contributed by atoms with Crippen molar-refractivity contribution in [2.75, 3.05) is 6.54 Å². The van der Waals surface area contributed by atoms with Crippen molar-refractivity contribution in [1.29, 1.82) is 0 Å². The highest BCUT2D eigenvalue weighted by atomic mass is 16.2. The van der Waals surface area contributed by atoms with Crippen LogP contribution >= 0.6 is 0 Å². The summed E-state index contributed by atoms with van der Waals surface area (Å²) in [5.74, 6) is 1.26. The molecular weight excluding hydrogens is 346 g/mol. The molecule has 0 aliphatic carbocycles. The molecule has 4 heteroatoms. The van der Waals surface area contributed by atoms with E-state index in [-0.39, 0.29) is 17.4 Å². The predicted molar refractivity (Wildman–Crippen MR) is 113 cm³/mol. The Balaban J connectivity index is 1.61. The van der Waals surface area contributed by atoms with E-state index in [1.807, 2.05) is 24.3 Å². The zero-order valence-corrected chi connectivity index (χ0v) is 17.1. The number of aromatic nitrogens is 2. The van der Waals surface area contributed by atoms with Gasteiger partial charge >= 0.3 is 0 Å². The number of likely N-dealkylation sites (tertiary alicyclic amines) is 1. The number of carbonyl (C=O) groups excluding carboxylic acids is 1. The maximum atomic E-state index is 13.3. The quantitative estimate of drug-likeness (QED) is 0.623. The Hall–Kier alpha value is -2.62. The van der Waals surface area contributed by atoms with E-state index >= 15 is 0 Å². The second kappa shape index (κ2) is 7.42.